The van der Waals surface area contributed by atoms with Gasteiger partial charge in [-0.25, -0.2) is 9.37 Å². The summed E-state index contributed by atoms with van der Waals surface area (Å²) in [5, 5.41) is 10.7. The van der Waals surface area contributed by atoms with Crippen LogP contribution >= 0.6 is 0 Å². The van der Waals surface area contributed by atoms with Gasteiger partial charge in [0.1, 0.15) is 0 Å². The quantitative estimate of drug-likeness (QED) is 0.542. The fourth-order valence-electron chi connectivity index (χ4n) is 1.85. The second-order valence-electron chi connectivity index (χ2n) is 4.44. The lowest BCUT2D eigenvalue weighted by Gasteiger charge is -2.06. The van der Waals surface area contributed by atoms with Crippen LogP contribution in [0.4, 0.5) is 10.1 Å². The van der Waals surface area contributed by atoms with Gasteiger partial charge in [-0.1, -0.05) is 0 Å². The molecule has 0 unspecified atom stereocenters. The van der Waals surface area contributed by atoms with Crippen LogP contribution in [0, 0.1) is 15.9 Å². The van der Waals surface area contributed by atoms with Gasteiger partial charge in [0.25, 0.3) is 5.69 Å². The Labute approximate surface area is 129 Å². The van der Waals surface area contributed by atoms with Crippen LogP contribution < -0.4 is 4.74 Å². The van der Waals surface area contributed by atoms with Crippen molar-refractivity contribution in [2.24, 2.45) is 0 Å². The van der Waals surface area contributed by atoms with E-state index in [0.29, 0.717) is 5.69 Å². The smallest absolute Gasteiger partial charge is 0.322 e. The van der Waals surface area contributed by atoms with Crippen molar-refractivity contribution in [3.8, 4) is 23.0 Å². The van der Waals surface area contributed by atoms with Crippen molar-refractivity contribution in [2.45, 2.75) is 0 Å². The molecular formula is C15H9FN4O3. The number of aromatic nitrogens is 3. The summed E-state index contributed by atoms with van der Waals surface area (Å²) in [6, 6.07) is 8.06. The van der Waals surface area contributed by atoms with Gasteiger partial charge in [-0.3, -0.25) is 15.1 Å². The highest BCUT2D eigenvalue weighted by atomic mass is 19.1. The molecule has 8 heteroatoms. The molecule has 0 aliphatic carbocycles. The zero-order chi connectivity index (χ0) is 16.2. The number of hydrogen-bond acceptors (Lipinski definition) is 6. The van der Waals surface area contributed by atoms with Gasteiger partial charge in [0.2, 0.25) is 0 Å². The highest BCUT2D eigenvalue weighted by Crippen LogP contribution is 2.27. The topological polar surface area (TPSA) is 91.0 Å². The van der Waals surface area contributed by atoms with Crippen molar-refractivity contribution in [1.29, 1.82) is 0 Å². The first-order valence-electron chi connectivity index (χ1n) is 6.49. The Morgan fingerprint density at radius 2 is 2.04 bits per heavy atom. The molecule has 7 nitrogen and oxygen atoms in total. The molecule has 0 atom stereocenters. The summed E-state index contributed by atoms with van der Waals surface area (Å²) in [6.45, 7) is 0. The Morgan fingerprint density at radius 3 is 2.78 bits per heavy atom. The number of hydrogen-bond donors (Lipinski definition) is 0. The monoisotopic (exact) mass is 312 g/mol. The predicted octanol–water partition coefficient (Wildman–Crippen LogP) is 3.38. The standard InChI is InChI=1S/C15H9FN4O3/c16-12-4-3-11(20(21)22)8-14(12)23-15-18-7-5-13(19-15)10-2-1-6-17-9-10/h1-9H. The van der Waals surface area contributed by atoms with E-state index in [1.165, 1.54) is 6.20 Å². The fraction of sp³-hybridized carbons (Fsp3) is 0. The minimum Gasteiger partial charge on any atom is -0.421 e. The summed E-state index contributed by atoms with van der Waals surface area (Å²) >= 11 is 0. The first-order valence-corrected chi connectivity index (χ1v) is 6.49. The minimum absolute atomic E-state index is 0.120. The second-order valence-corrected chi connectivity index (χ2v) is 4.44. The first kappa shape index (κ1) is 14.5. The molecule has 0 bridgehead atoms. The molecule has 114 valence electrons. The second kappa shape index (κ2) is 6.14. The number of benzene rings is 1. The lowest BCUT2D eigenvalue weighted by Crippen LogP contribution is -1.97. The molecule has 0 fully saturated rings. The van der Waals surface area contributed by atoms with Crippen LogP contribution in [0.5, 0.6) is 11.8 Å². The number of non-ortho nitro benzene ring substituents is 1. The lowest BCUT2D eigenvalue weighted by atomic mass is 10.2. The number of nitro benzene ring substituents is 1. The molecule has 0 N–H and O–H groups in total. The minimum atomic E-state index is -0.744. The van der Waals surface area contributed by atoms with Crippen molar-refractivity contribution >= 4 is 5.69 Å². The van der Waals surface area contributed by atoms with E-state index in [-0.39, 0.29) is 17.4 Å². The highest BCUT2D eigenvalue weighted by Gasteiger charge is 2.14. The van der Waals surface area contributed by atoms with Gasteiger partial charge >= 0.3 is 6.01 Å². The number of halogens is 1. The van der Waals surface area contributed by atoms with E-state index in [1.807, 2.05) is 0 Å². The van der Waals surface area contributed by atoms with E-state index in [0.717, 1.165) is 23.8 Å². The maximum atomic E-state index is 13.7. The molecule has 2 heterocycles. The summed E-state index contributed by atoms with van der Waals surface area (Å²) in [6.07, 6.45) is 4.68. The average Bonchev–Trinajstić information content (AvgIpc) is 2.58. The van der Waals surface area contributed by atoms with Crippen LogP contribution in [-0.2, 0) is 0 Å². The van der Waals surface area contributed by atoms with Crippen molar-refractivity contribution in [1.82, 2.24) is 15.0 Å². The fourth-order valence-corrected chi connectivity index (χ4v) is 1.85. The third-order valence-corrected chi connectivity index (χ3v) is 2.92. The summed E-state index contributed by atoms with van der Waals surface area (Å²) < 4.78 is 19.0. The Bertz CT molecular complexity index is 858. The van der Waals surface area contributed by atoms with Gasteiger partial charge in [0.15, 0.2) is 11.6 Å². The van der Waals surface area contributed by atoms with Crippen molar-refractivity contribution in [3.63, 3.8) is 0 Å². The van der Waals surface area contributed by atoms with Crippen LogP contribution in [-0.4, -0.2) is 19.9 Å². The summed E-state index contributed by atoms with van der Waals surface area (Å²) in [5.74, 6) is -1.06. The molecule has 0 aliphatic heterocycles. The highest BCUT2D eigenvalue weighted by molar-refractivity contribution is 5.57. The Hall–Kier alpha value is -3.42. The van der Waals surface area contributed by atoms with E-state index < -0.39 is 10.7 Å². The Balaban J connectivity index is 1.92. The maximum Gasteiger partial charge on any atom is 0.322 e. The zero-order valence-electron chi connectivity index (χ0n) is 11.6. The lowest BCUT2D eigenvalue weighted by molar-refractivity contribution is -0.385. The molecule has 0 spiro atoms. The summed E-state index contributed by atoms with van der Waals surface area (Å²) in [4.78, 5) is 22.1. The molecule has 3 aromatic rings. The van der Waals surface area contributed by atoms with Crippen LogP contribution in [0.25, 0.3) is 11.3 Å². The molecule has 0 amide bonds. The largest absolute Gasteiger partial charge is 0.421 e. The van der Waals surface area contributed by atoms with Crippen LogP contribution in [0.2, 0.25) is 0 Å². The van der Waals surface area contributed by atoms with E-state index in [9.17, 15) is 14.5 Å². The maximum absolute atomic E-state index is 13.7. The first-order chi connectivity index (χ1) is 11.1. The molecular weight excluding hydrogens is 303 g/mol. The third-order valence-electron chi connectivity index (χ3n) is 2.92. The van der Waals surface area contributed by atoms with E-state index >= 15 is 0 Å². The van der Waals surface area contributed by atoms with Crippen molar-refractivity contribution in [3.05, 3.63) is 70.9 Å². The normalized spacial score (nSPS) is 10.3. The van der Waals surface area contributed by atoms with Crippen LogP contribution in [0.3, 0.4) is 0 Å². The van der Waals surface area contributed by atoms with Crippen molar-refractivity contribution in [2.75, 3.05) is 0 Å². The van der Waals surface area contributed by atoms with E-state index in [1.54, 1.807) is 30.6 Å². The Kier molecular flexibility index (Phi) is 3.88. The summed E-state index contributed by atoms with van der Waals surface area (Å²) in [5.41, 5.74) is 0.984. The van der Waals surface area contributed by atoms with Gasteiger partial charge in [-0.05, 0) is 24.3 Å². The van der Waals surface area contributed by atoms with Crippen LogP contribution in [0.15, 0.2) is 55.0 Å². The molecule has 3 rings (SSSR count). The predicted molar refractivity (Wildman–Crippen MR) is 78.4 cm³/mol. The van der Waals surface area contributed by atoms with Gasteiger partial charge in [-0.2, -0.15) is 4.98 Å². The van der Waals surface area contributed by atoms with E-state index in [2.05, 4.69) is 15.0 Å². The van der Waals surface area contributed by atoms with Gasteiger partial charge in [-0.15, -0.1) is 0 Å². The van der Waals surface area contributed by atoms with Gasteiger partial charge in [0, 0.05) is 30.2 Å². The number of nitrogens with zero attached hydrogens (tertiary/aromatic N) is 4. The van der Waals surface area contributed by atoms with Gasteiger partial charge in [0.05, 0.1) is 16.7 Å². The van der Waals surface area contributed by atoms with Crippen molar-refractivity contribution < 1.29 is 14.1 Å². The van der Waals surface area contributed by atoms with Crippen LogP contribution in [0.1, 0.15) is 0 Å². The van der Waals surface area contributed by atoms with E-state index in [4.69, 9.17) is 4.74 Å². The molecule has 2 aromatic heterocycles. The molecule has 0 radical (unpaired) electrons. The average molecular weight is 312 g/mol. The third kappa shape index (κ3) is 3.26. The molecule has 0 saturated heterocycles. The number of ether oxygens (including phenoxy) is 1. The van der Waals surface area contributed by atoms with Gasteiger partial charge < -0.3 is 4.74 Å². The molecule has 0 saturated carbocycles. The molecule has 0 aliphatic rings. The molecule has 1 aromatic carbocycles. The number of rotatable bonds is 4. The molecule has 23 heavy (non-hydrogen) atoms. The SMILES string of the molecule is O=[N+]([O-])c1ccc(F)c(Oc2nccc(-c3cccnc3)n2)c1. The zero-order valence-corrected chi connectivity index (χ0v) is 11.6. The number of nitro groups is 1. The number of pyridine rings is 1. The summed E-state index contributed by atoms with van der Waals surface area (Å²) in [7, 11) is 0. The Morgan fingerprint density at radius 1 is 1.17 bits per heavy atom.